The van der Waals surface area contributed by atoms with Gasteiger partial charge in [-0.1, -0.05) is 41.9 Å². The fourth-order valence-electron chi connectivity index (χ4n) is 3.27. The van der Waals surface area contributed by atoms with E-state index in [1.54, 1.807) is 62.5 Å². The molecule has 168 valence electrons. The molecule has 2 aromatic rings. The number of benzene rings is 2. The van der Waals surface area contributed by atoms with Gasteiger partial charge in [-0.3, -0.25) is 4.79 Å². The number of ether oxygens (including phenoxy) is 1. The van der Waals surface area contributed by atoms with Crippen LogP contribution in [0.4, 0.5) is 10.5 Å². The normalized spacial score (nSPS) is 16.1. The SMILES string of the molecule is CC1=C(C(=O)OCC(C)C)C(c2cccc(NC(=O)c3ccc(Br)cc3)c2)NC(=O)N1C. The molecule has 0 aliphatic carbocycles. The van der Waals surface area contributed by atoms with Gasteiger partial charge in [-0.2, -0.15) is 0 Å². The van der Waals surface area contributed by atoms with Crippen LogP contribution in [0.5, 0.6) is 0 Å². The van der Waals surface area contributed by atoms with Crippen LogP contribution in [0, 0.1) is 5.92 Å². The van der Waals surface area contributed by atoms with E-state index in [4.69, 9.17) is 4.74 Å². The summed E-state index contributed by atoms with van der Waals surface area (Å²) in [6.45, 7) is 5.91. The van der Waals surface area contributed by atoms with E-state index >= 15 is 0 Å². The van der Waals surface area contributed by atoms with Crippen LogP contribution in [0.1, 0.15) is 42.7 Å². The van der Waals surface area contributed by atoms with Crippen LogP contribution in [0.3, 0.4) is 0 Å². The highest BCUT2D eigenvalue weighted by Crippen LogP contribution is 2.32. The molecule has 2 aromatic carbocycles. The predicted molar refractivity (Wildman–Crippen MR) is 126 cm³/mol. The topological polar surface area (TPSA) is 87.7 Å². The molecule has 0 radical (unpaired) electrons. The summed E-state index contributed by atoms with van der Waals surface area (Å²) < 4.78 is 6.35. The number of hydrogen-bond donors (Lipinski definition) is 2. The monoisotopic (exact) mass is 499 g/mol. The molecule has 2 N–H and O–H groups in total. The Kier molecular flexibility index (Phi) is 7.35. The number of hydrogen-bond acceptors (Lipinski definition) is 4. The van der Waals surface area contributed by atoms with Gasteiger partial charge >= 0.3 is 12.0 Å². The lowest BCUT2D eigenvalue weighted by atomic mass is 9.94. The lowest BCUT2D eigenvalue weighted by molar-refractivity contribution is -0.140. The lowest BCUT2D eigenvalue weighted by Gasteiger charge is -2.33. The number of carbonyl (C=O) groups excluding carboxylic acids is 3. The fraction of sp³-hybridized carbons (Fsp3) is 0.292. The maximum atomic E-state index is 12.9. The third kappa shape index (κ3) is 5.37. The second kappa shape index (κ2) is 9.99. The first kappa shape index (κ1) is 23.5. The number of esters is 1. The highest BCUT2D eigenvalue weighted by Gasteiger charge is 2.35. The molecule has 7 nitrogen and oxygen atoms in total. The first-order chi connectivity index (χ1) is 15.2. The Hall–Kier alpha value is -3.13. The number of nitrogens with zero attached hydrogens (tertiary/aromatic N) is 1. The Labute approximate surface area is 195 Å². The molecule has 1 unspecified atom stereocenters. The van der Waals surface area contributed by atoms with Gasteiger partial charge in [-0.15, -0.1) is 0 Å². The molecule has 1 aliphatic heterocycles. The highest BCUT2D eigenvalue weighted by molar-refractivity contribution is 9.10. The molecule has 1 heterocycles. The molecule has 0 aromatic heterocycles. The zero-order valence-corrected chi connectivity index (χ0v) is 20.0. The molecule has 1 atom stereocenters. The first-order valence-electron chi connectivity index (χ1n) is 10.3. The third-order valence-electron chi connectivity index (χ3n) is 5.11. The van der Waals surface area contributed by atoms with Gasteiger partial charge in [0, 0.05) is 28.5 Å². The number of carbonyl (C=O) groups is 3. The van der Waals surface area contributed by atoms with Crippen molar-refractivity contribution in [2.24, 2.45) is 5.92 Å². The molecule has 0 saturated heterocycles. The zero-order valence-electron chi connectivity index (χ0n) is 18.4. The van der Waals surface area contributed by atoms with Crippen molar-refractivity contribution >= 4 is 39.5 Å². The van der Waals surface area contributed by atoms with Crippen molar-refractivity contribution in [3.05, 3.63) is 75.4 Å². The van der Waals surface area contributed by atoms with Crippen LogP contribution >= 0.6 is 15.9 Å². The molecule has 8 heteroatoms. The number of amides is 3. The molecule has 0 saturated carbocycles. The lowest BCUT2D eigenvalue weighted by Crippen LogP contribution is -2.46. The predicted octanol–water partition coefficient (Wildman–Crippen LogP) is 4.87. The Bertz CT molecular complexity index is 1060. The van der Waals surface area contributed by atoms with Gasteiger partial charge in [0.15, 0.2) is 0 Å². The maximum Gasteiger partial charge on any atom is 0.338 e. The van der Waals surface area contributed by atoms with Crippen molar-refractivity contribution in [2.75, 3.05) is 19.0 Å². The zero-order chi connectivity index (χ0) is 23.4. The molecule has 3 amide bonds. The number of halogens is 1. The summed E-state index contributed by atoms with van der Waals surface area (Å²) in [5, 5.41) is 5.72. The minimum Gasteiger partial charge on any atom is -0.462 e. The van der Waals surface area contributed by atoms with Crippen LogP contribution < -0.4 is 10.6 Å². The van der Waals surface area contributed by atoms with Crippen molar-refractivity contribution in [3.63, 3.8) is 0 Å². The van der Waals surface area contributed by atoms with Crippen LogP contribution in [0.25, 0.3) is 0 Å². The minimum atomic E-state index is -0.692. The minimum absolute atomic E-state index is 0.186. The summed E-state index contributed by atoms with van der Waals surface area (Å²) >= 11 is 3.35. The van der Waals surface area contributed by atoms with Gasteiger partial charge in [0.2, 0.25) is 0 Å². The van der Waals surface area contributed by atoms with Gasteiger partial charge < -0.3 is 20.3 Å². The molecule has 32 heavy (non-hydrogen) atoms. The van der Waals surface area contributed by atoms with Gasteiger partial charge in [0.25, 0.3) is 5.91 Å². The standard InChI is InChI=1S/C24H26BrN3O4/c1-14(2)13-32-23(30)20-15(3)28(4)24(31)27-21(20)17-6-5-7-19(12-17)26-22(29)16-8-10-18(25)11-9-16/h5-12,14,21H,13H2,1-4H3,(H,26,29)(H,27,31). The first-order valence-corrected chi connectivity index (χ1v) is 11.1. The molecule has 1 aliphatic rings. The van der Waals surface area contributed by atoms with E-state index in [1.165, 1.54) is 4.90 Å². The number of urea groups is 1. The molecule has 0 bridgehead atoms. The molecular weight excluding hydrogens is 474 g/mol. The number of allylic oxidation sites excluding steroid dienone is 1. The van der Waals surface area contributed by atoms with E-state index in [0.717, 1.165) is 4.47 Å². The van der Waals surface area contributed by atoms with E-state index in [9.17, 15) is 14.4 Å². The van der Waals surface area contributed by atoms with Crippen molar-refractivity contribution in [2.45, 2.75) is 26.8 Å². The van der Waals surface area contributed by atoms with E-state index < -0.39 is 12.0 Å². The Morgan fingerprint density at radius 1 is 1.19 bits per heavy atom. The van der Waals surface area contributed by atoms with Crippen molar-refractivity contribution in [1.29, 1.82) is 0 Å². The largest absolute Gasteiger partial charge is 0.462 e. The average Bonchev–Trinajstić information content (AvgIpc) is 2.76. The number of rotatable bonds is 6. The molecule has 0 spiro atoms. The van der Waals surface area contributed by atoms with E-state index in [2.05, 4.69) is 26.6 Å². The van der Waals surface area contributed by atoms with Crippen molar-refractivity contribution in [3.8, 4) is 0 Å². The van der Waals surface area contributed by atoms with Gasteiger partial charge in [-0.25, -0.2) is 9.59 Å². The summed E-state index contributed by atoms with van der Waals surface area (Å²) in [7, 11) is 1.60. The number of nitrogens with one attached hydrogen (secondary N) is 2. The number of anilines is 1. The molecule has 0 fully saturated rings. The second-order valence-corrected chi connectivity index (χ2v) is 8.94. The maximum absolute atomic E-state index is 12.9. The summed E-state index contributed by atoms with van der Waals surface area (Å²) in [5.41, 5.74) is 2.62. The Morgan fingerprint density at radius 3 is 2.53 bits per heavy atom. The molecular formula is C24H26BrN3O4. The fourth-order valence-corrected chi connectivity index (χ4v) is 3.53. The summed E-state index contributed by atoms with van der Waals surface area (Å²) in [5.74, 6) is -0.547. The van der Waals surface area contributed by atoms with Gasteiger partial charge in [-0.05, 0) is 54.8 Å². The van der Waals surface area contributed by atoms with Gasteiger partial charge in [0.1, 0.15) is 0 Å². The van der Waals surface area contributed by atoms with E-state index in [0.29, 0.717) is 28.1 Å². The summed E-state index contributed by atoms with van der Waals surface area (Å²) in [4.78, 5) is 39.3. The summed E-state index contributed by atoms with van der Waals surface area (Å²) in [6, 6.07) is 13.1. The van der Waals surface area contributed by atoms with Crippen molar-refractivity contribution in [1.82, 2.24) is 10.2 Å². The quantitative estimate of drug-likeness (QED) is 0.554. The summed E-state index contributed by atoms with van der Waals surface area (Å²) in [6.07, 6.45) is 0. The Balaban J connectivity index is 1.89. The highest BCUT2D eigenvalue weighted by atomic mass is 79.9. The van der Waals surface area contributed by atoms with Crippen LogP contribution in [0.15, 0.2) is 64.3 Å². The second-order valence-electron chi connectivity index (χ2n) is 8.02. The van der Waals surface area contributed by atoms with Crippen molar-refractivity contribution < 1.29 is 19.1 Å². The van der Waals surface area contributed by atoms with Crippen LogP contribution in [-0.2, 0) is 9.53 Å². The van der Waals surface area contributed by atoms with Crippen LogP contribution in [-0.4, -0.2) is 36.5 Å². The molecule has 3 rings (SSSR count). The average molecular weight is 500 g/mol. The third-order valence-corrected chi connectivity index (χ3v) is 5.63. The smallest absolute Gasteiger partial charge is 0.338 e. The van der Waals surface area contributed by atoms with E-state index in [1.807, 2.05) is 13.8 Å². The van der Waals surface area contributed by atoms with Gasteiger partial charge in [0.05, 0.1) is 18.2 Å². The van der Waals surface area contributed by atoms with Crippen LogP contribution in [0.2, 0.25) is 0 Å². The Morgan fingerprint density at radius 2 is 1.88 bits per heavy atom. The van der Waals surface area contributed by atoms with E-state index in [-0.39, 0.29) is 24.5 Å².